The summed E-state index contributed by atoms with van der Waals surface area (Å²) in [5.41, 5.74) is 0. The number of isocyanates is 1. The fourth-order valence-corrected chi connectivity index (χ4v) is 92.4. The SMILES string of the molecule is C=CC[C]12[CH]3[CH]4[CH]5[CH]1[Fe]45321678[CH]2[CH]1[CH]6[CH]7[CH]28.N=C=O. The van der Waals surface area contributed by atoms with E-state index in [0.29, 0.717) is 0 Å². The molecular weight excluding hydrogens is 254 g/mol. The fraction of sp³-hybridized carbons (Fsp3) is 0.786. The molecule has 1 spiro atoms. The second-order valence-corrected chi connectivity index (χ2v) is 34.1. The Hall–Kier alpha value is -0.361. The van der Waals surface area contributed by atoms with Crippen molar-refractivity contribution in [1.82, 2.24) is 0 Å². The Morgan fingerprint density at radius 1 is 1.12 bits per heavy atom. The van der Waals surface area contributed by atoms with E-state index < -0.39 is 6.51 Å². The number of nitrogens with one attached hydrogen (secondary N) is 1. The summed E-state index contributed by atoms with van der Waals surface area (Å²) in [4.78, 5) is 21.9. The van der Waals surface area contributed by atoms with Gasteiger partial charge in [-0.1, -0.05) is 0 Å². The summed E-state index contributed by atoms with van der Waals surface area (Å²) < 4.78 is 1.13. The molecule has 1 N–H and O–H groups in total. The maximum Gasteiger partial charge on any atom is 0.231 e. The molecule has 10 aliphatic heterocycles. The summed E-state index contributed by atoms with van der Waals surface area (Å²) in [7, 11) is 0. The molecule has 0 radical (unpaired) electrons. The van der Waals surface area contributed by atoms with Crippen molar-refractivity contribution in [2.24, 2.45) is 0 Å². The van der Waals surface area contributed by atoms with Gasteiger partial charge in [-0.3, -0.25) is 0 Å². The van der Waals surface area contributed by atoms with Gasteiger partial charge in [0.1, 0.15) is 0 Å². The van der Waals surface area contributed by atoms with Crippen LogP contribution in [0.1, 0.15) is 6.42 Å². The van der Waals surface area contributed by atoms with Gasteiger partial charge in [0.05, 0.1) is 0 Å². The van der Waals surface area contributed by atoms with Crippen LogP contribution in [0.25, 0.3) is 0 Å². The molecule has 10 aliphatic rings. The van der Waals surface area contributed by atoms with Crippen LogP contribution in [0.5, 0.6) is 0 Å². The third-order valence-electron chi connectivity index (χ3n) is 15.4. The van der Waals surface area contributed by atoms with Crippen LogP contribution >= 0.6 is 0 Å². The van der Waals surface area contributed by atoms with Gasteiger partial charge >= 0.3 is 73.2 Å². The van der Waals surface area contributed by atoms with Gasteiger partial charge < -0.3 is 0 Å². The number of allylic oxidation sites excluding steroid dienone is 1. The normalized spacial score (nSPS) is 117. The number of hydrogen-bond donors (Lipinski definition) is 1. The summed E-state index contributed by atoms with van der Waals surface area (Å²) in [5.74, 6) is 0. The van der Waals surface area contributed by atoms with Gasteiger partial charge in [-0.15, -0.1) is 0 Å². The zero-order valence-corrected chi connectivity index (χ0v) is 10.6. The molecule has 10 rings (SSSR count). The largest absolute Gasteiger partial charge is 0.231 e. The van der Waals surface area contributed by atoms with Crippen molar-refractivity contribution in [3.05, 3.63) is 12.7 Å². The number of fused-ring (bicyclic) bond motifs is 10. The molecule has 0 saturated carbocycles. The Balaban J connectivity index is 0.000000195. The van der Waals surface area contributed by atoms with Gasteiger partial charge in [-0.2, -0.15) is 0 Å². The van der Waals surface area contributed by atoms with E-state index in [2.05, 4.69) is 12.7 Å². The summed E-state index contributed by atoms with van der Waals surface area (Å²) in [6.07, 6.45) is 4.60. The Labute approximate surface area is 89.6 Å². The molecule has 0 aliphatic carbocycles. The molecule has 0 aromatic heterocycles. The maximum absolute atomic E-state index is 8.35. The Kier molecular flexibility index (Phi) is 0.203. The van der Waals surface area contributed by atoms with Crippen LogP contribution in [0.4, 0.5) is 0 Å². The van der Waals surface area contributed by atoms with Crippen molar-refractivity contribution in [1.29, 1.82) is 5.41 Å². The first-order valence-corrected chi connectivity index (χ1v) is 13.2. The van der Waals surface area contributed by atoms with Crippen LogP contribution < -0.4 is 0 Å². The topological polar surface area (TPSA) is 40.9 Å². The minimum Gasteiger partial charge on any atom is -0.222 e. The first kappa shape index (κ1) is 6.70. The number of rotatable bonds is 2. The molecule has 0 bridgehead atoms. The van der Waals surface area contributed by atoms with Gasteiger partial charge in [0.25, 0.3) is 0 Å². The molecule has 3 heteroatoms. The average molecular weight is 269 g/mol. The third-order valence-corrected chi connectivity index (χ3v) is 58.4. The zero-order chi connectivity index (χ0) is 11.1. The molecule has 90 valence electrons. The Morgan fingerprint density at radius 3 is 1.71 bits per heavy atom. The van der Waals surface area contributed by atoms with E-state index in [1.165, 1.54) is 49.8 Å². The zero-order valence-electron chi connectivity index (χ0n) is 9.45. The molecule has 0 aromatic rings. The summed E-state index contributed by atoms with van der Waals surface area (Å²) >= 11 is 0. The van der Waals surface area contributed by atoms with Gasteiger partial charge in [-0.25, -0.2) is 10.2 Å². The Morgan fingerprint density at radius 2 is 1.53 bits per heavy atom. The minimum atomic E-state index is -2.61. The average Bonchev–Trinajstić information content (AvgIpc) is 3.26. The van der Waals surface area contributed by atoms with Crippen molar-refractivity contribution < 1.29 is 11.3 Å². The molecule has 0 amide bonds. The van der Waals surface area contributed by atoms with E-state index in [9.17, 15) is 0 Å². The second-order valence-electron chi connectivity index (χ2n) is 10.4. The van der Waals surface area contributed by atoms with Gasteiger partial charge in [0, 0.05) is 0 Å². The molecule has 2 nitrogen and oxygen atoms in total. The minimum absolute atomic E-state index is 0.750. The van der Waals surface area contributed by atoms with E-state index >= 15 is 0 Å². The maximum atomic E-state index is 8.35. The van der Waals surface area contributed by atoms with Crippen LogP contribution in [0.2, 0.25) is 47.7 Å². The van der Waals surface area contributed by atoms with E-state index in [-0.39, 0.29) is 0 Å². The molecule has 4 atom stereocenters. The quantitative estimate of drug-likeness (QED) is 0.346. The van der Waals surface area contributed by atoms with E-state index in [4.69, 9.17) is 10.2 Å². The van der Waals surface area contributed by atoms with Crippen LogP contribution in [0.3, 0.4) is 0 Å². The number of carbonyl (C=O) groups excluding carboxylic acids is 1. The Bertz CT molecular complexity index is 905. The first-order chi connectivity index (χ1) is 8.02. The van der Waals surface area contributed by atoms with Crippen molar-refractivity contribution in [3.8, 4) is 0 Å². The van der Waals surface area contributed by atoms with Crippen molar-refractivity contribution in [2.45, 2.75) is 54.1 Å². The summed E-state index contributed by atoms with van der Waals surface area (Å²) in [5, 5.41) is 5.40. The van der Waals surface area contributed by atoms with Crippen molar-refractivity contribution in [2.75, 3.05) is 0 Å². The van der Waals surface area contributed by atoms with Gasteiger partial charge in [-0.05, 0) is 0 Å². The fourth-order valence-electron chi connectivity index (χ4n) is 17.4. The standard InChI is InChI=1S/C8H9.C5H5.CHNO.Fe/c1-2-5-8-6-3-4-7-8;1-2-4-5-3-1;2-1-3;/h2-4,6-7H,1,5H2;1-5H;2H;. The van der Waals surface area contributed by atoms with Crippen LogP contribution in [0, 0.1) is 5.41 Å². The monoisotopic (exact) mass is 269 g/mol. The first-order valence-electron chi connectivity index (χ1n) is 6.88. The third kappa shape index (κ3) is 0.0620. The van der Waals surface area contributed by atoms with Crippen molar-refractivity contribution >= 4 is 6.08 Å². The summed E-state index contributed by atoms with van der Waals surface area (Å²) in [6, 6.07) is 0. The molecule has 0 aromatic carbocycles. The predicted octanol–water partition coefficient (Wildman–Crippen LogP) is 4.22. The number of hydrogen-bond acceptors (Lipinski definition) is 2. The van der Waals surface area contributed by atoms with Gasteiger partial charge in [0.15, 0.2) is 0 Å². The van der Waals surface area contributed by atoms with E-state index in [1.54, 1.807) is 0 Å². The smallest absolute Gasteiger partial charge is 0.222 e. The van der Waals surface area contributed by atoms with Gasteiger partial charge in [0.2, 0.25) is 6.08 Å². The van der Waals surface area contributed by atoms with Crippen molar-refractivity contribution in [3.63, 3.8) is 0 Å². The van der Waals surface area contributed by atoms with Crippen LogP contribution in [0.15, 0.2) is 12.7 Å². The molecule has 10 fully saturated rings. The van der Waals surface area contributed by atoms with E-state index in [0.717, 1.165) is 10.4 Å². The predicted molar refractivity (Wildman–Crippen MR) is 59.7 cm³/mol. The summed E-state index contributed by atoms with van der Waals surface area (Å²) in [6.45, 7) is 1.48. The molecule has 17 heavy (non-hydrogen) atoms. The van der Waals surface area contributed by atoms with Crippen LogP contribution in [-0.2, 0) is 11.3 Å². The molecule has 10 heterocycles. The molecule has 4 unspecified atom stereocenters. The molecule has 10 saturated heterocycles. The van der Waals surface area contributed by atoms with Crippen LogP contribution in [-0.4, -0.2) is 6.08 Å². The van der Waals surface area contributed by atoms with E-state index in [1.807, 2.05) is 0 Å². The second kappa shape index (κ2) is 0.515. The molecular formula is C14H15FeNO.